The molecule has 22 heavy (non-hydrogen) atoms. The van der Waals surface area contributed by atoms with E-state index in [1.165, 1.54) is 0 Å². The van der Waals surface area contributed by atoms with Crippen molar-refractivity contribution >= 4 is 11.6 Å². The van der Waals surface area contributed by atoms with E-state index in [-0.39, 0.29) is 0 Å². The van der Waals surface area contributed by atoms with E-state index in [0.717, 1.165) is 44.4 Å². The summed E-state index contributed by atoms with van der Waals surface area (Å²) in [5, 5.41) is 3.45. The summed E-state index contributed by atoms with van der Waals surface area (Å²) >= 11 is 0. The Hall–Kier alpha value is -2.14. The highest BCUT2D eigenvalue weighted by atomic mass is 15.3. The monoisotopic (exact) mass is 297 g/mol. The summed E-state index contributed by atoms with van der Waals surface area (Å²) in [5.41, 5.74) is 0. The van der Waals surface area contributed by atoms with E-state index in [2.05, 4.69) is 38.1 Å². The second kappa shape index (κ2) is 7.22. The van der Waals surface area contributed by atoms with Crippen molar-refractivity contribution < 1.29 is 0 Å². The van der Waals surface area contributed by atoms with E-state index in [1.807, 2.05) is 42.7 Å². The zero-order chi connectivity index (χ0) is 15.2. The van der Waals surface area contributed by atoms with Crippen LogP contribution < -0.4 is 10.2 Å². The van der Waals surface area contributed by atoms with Crippen LogP contribution in [-0.4, -0.2) is 53.6 Å². The SMILES string of the molecule is C[C@@H](CN1CCN(c2ccccn2)CC1)Nc1ccccn1. The molecule has 0 aliphatic carbocycles. The third-order valence-electron chi connectivity index (χ3n) is 3.94. The molecule has 3 rings (SSSR count). The van der Waals surface area contributed by atoms with Gasteiger partial charge in [-0.2, -0.15) is 0 Å². The van der Waals surface area contributed by atoms with E-state index >= 15 is 0 Å². The fraction of sp³-hybridized carbons (Fsp3) is 0.412. The van der Waals surface area contributed by atoms with Crippen molar-refractivity contribution in [1.29, 1.82) is 0 Å². The highest BCUT2D eigenvalue weighted by Gasteiger charge is 2.19. The maximum atomic E-state index is 4.43. The molecule has 0 radical (unpaired) electrons. The van der Waals surface area contributed by atoms with Crippen LogP contribution in [0.1, 0.15) is 6.92 Å². The Bertz CT molecular complexity index is 552. The Kier molecular flexibility index (Phi) is 4.85. The van der Waals surface area contributed by atoms with E-state index in [4.69, 9.17) is 0 Å². The van der Waals surface area contributed by atoms with Crippen LogP contribution in [0, 0.1) is 0 Å². The Morgan fingerprint density at radius 3 is 2.36 bits per heavy atom. The quantitative estimate of drug-likeness (QED) is 0.915. The topological polar surface area (TPSA) is 44.3 Å². The van der Waals surface area contributed by atoms with Crippen LogP contribution >= 0.6 is 0 Å². The van der Waals surface area contributed by atoms with Gasteiger partial charge in [-0.15, -0.1) is 0 Å². The number of anilines is 2. The highest BCUT2D eigenvalue weighted by molar-refractivity contribution is 5.38. The molecule has 116 valence electrons. The summed E-state index contributed by atoms with van der Waals surface area (Å²) in [7, 11) is 0. The number of hydrogen-bond donors (Lipinski definition) is 1. The van der Waals surface area contributed by atoms with Crippen molar-refractivity contribution in [2.45, 2.75) is 13.0 Å². The first-order valence-electron chi connectivity index (χ1n) is 7.87. The van der Waals surface area contributed by atoms with Crippen LogP contribution in [0.5, 0.6) is 0 Å². The summed E-state index contributed by atoms with van der Waals surface area (Å²) in [5.74, 6) is 2.03. The molecule has 1 fully saturated rings. The normalized spacial score (nSPS) is 17.2. The van der Waals surface area contributed by atoms with E-state index < -0.39 is 0 Å². The fourth-order valence-corrected chi connectivity index (χ4v) is 2.83. The second-order valence-electron chi connectivity index (χ2n) is 5.74. The summed E-state index contributed by atoms with van der Waals surface area (Å²) < 4.78 is 0. The average molecular weight is 297 g/mol. The lowest BCUT2D eigenvalue weighted by atomic mass is 10.2. The van der Waals surface area contributed by atoms with Crippen LogP contribution in [0.4, 0.5) is 11.6 Å². The Balaban J connectivity index is 1.46. The van der Waals surface area contributed by atoms with E-state index in [1.54, 1.807) is 0 Å². The van der Waals surface area contributed by atoms with Crippen LogP contribution in [0.2, 0.25) is 0 Å². The maximum absolute atomic E-state index is 4.43. The van der Waals surface area contributed by atoms with Gasteiger partial charge in [-0.25, -0.2) is 9.97 Å². The number of pyridine rings is 2. The van der Waals surface area contributed by atoms with Gasteiger partial charge in [-0.3, -0.25) is 4.90 Å². The molecule has 0 bridgehead atoms. The van der Waals surface area contributed by atoms with Crippen molar-refractivity contribution in [1.82, 2.24) is 14.9 Å². The summed E-state index contributed by atoms with van der Waals surface area (Å²) in [4.78, 5) is 13.6. The first kappa shape index (κ1) is 14.8. The lowest BCUT2D eigenvalue weighted by Gasteiger charge is -2.36. The second-order valence-corrected chi connectivity index (χ2v) is 5.74. The number of piperazine rings is 1. The van der Waals surface area contributed by atoms with Gasteiger partial charge in [0.15, 0.2) is 0 Å². The van der Waals surface area contributed by atoms with Gasteiger partial charge in [0.05, 0.1) is 0 Å². The molecular formula is C17H23N5. The summed E-state index contributed by atoms with van der Waals surface area (Å²) in [6.07, 6.45) is 3.68. The minimum absolute atomic E-state index is 0.385. The zero-order valence-corrected chi connectivity index (χ0v) is 13.0. The standard InChI is InChI=1S/C17H23N5/c1-15(20-16-6-2-4-8-18-16)14-21-10-12-22(13-11-21)17-7-3-5-9-19-17/h2-9,15H,10-14H2,1H3,(H,18,20)/t15-/m0/s1. The first-order chi connectivity index (χ1) is 10.8. The minimum Gasteiger partial charge on any atom is -0.366 e. The number of hydrogen-bond acceptors (Lipinski definition) is 5. The summed E-state index contributed by atoms with van der Waals surface area (Å²) in [6.45, 7) is 7.46. The molecule has 0 saturated carbocycles. The molecule has 1 aliphatic heterocycles. The lowest BCUT2D eigenvalue weighted by molar-refractivity contribution is 0.250. The van der Waals surface area contributed by atoms with Crippen molar-refractivity contribution in [3.05, 3.63) is 48.8 Å². The maximum Gasteiger partial charge on any atom is 0.128 e. The predicted molar refractivity (Wildman–Crippen MR) is 90.2 cm³/mol. The van der Waals surface area contributed by atoms with Crippen LogP contribution in [0.3, 0.4) is 0 Å². The molecule has 3 heterocycles. The van der Waals surface area contributed by atoms with E-state index in [9.17, 15) is 0 Å². The van der Waals surface area contributed by atoms with Gasteiger partial charge < -0.3 is 10.2 Å². The molecule has 0 unspecified atom stereocenters. The minimum atomic E-state index is 0.385. The van der Waals surface area contributed by atoms with Gasteiger partial charge in [0, 0.05) is 51.2 Å². The number of nitrogens with one attached hydrogen (secondary N) is 1. The number of nitrogens with zero attached hydrogens (tertiary/aromatic N) is 4. The first-order valence-corrected chi connectivity index (χ1v) is 7.87. The fourth-order valence-electron chi connectivity index (χ4n) is 2.83. The average Bonchev–Trinajstić information content (AvgIpc) is 2.57. The zero-order valence-electron chi connectivity index (χ0n) is 13.0. The van der Waals surface area contributed by atoms with Gasteiger partial charge >= 0.3 is 0 Å². The highest BCUT2D eigenvalue weighted by Crippen LogP contribution is 2.13. The molecule has 0 aromatic carbocycles. The van der Waals surface area contributed by atoms with Crippen molar-refractivity contribution in [2.75, 3.05) is 42.9 Å². The molecule has 0 amide bonds. The molecule has 2 aromatic heterocycles. The molecule has 1 saturated heterocycles. The van der Waals surface area contributed by atoms with Gasteiger partial charge in [0.1, 0.15) is 11.6 Å². The van der Waals surface area contributed by atoms with Gasteiger partial charge in [0.2, 0.25) is 0 Å². The van der Waals surface area contributed by atoms with Gasteiger partial charge in [0.25, 0.3) is 0 Å². The third-order valence-corrected chi connectivity index (χ3v) is 3.94. The predicted octanol–water partition coefficient (Wildman–Crippen LogP) is 2.10. The molecule has 1 aliphatic rings. The van der Waals surface area contributed by atoms with Crippen molar-refractivity contribution in [3.63, 3.8) is 0 Å². The van der Waals surface area contributed by atoms with E-state index in [0.29, 0.717) is 6.04 Å². The smallest absolute Gasteiger partial charge is 0.128 e. The molecule has 2 aromatic rings. The number of rotatable bonds is 5. The van der Waals surface area contributed by atoms with Crippen LogP contribution in [-0.2, 0) is 0 Å². The van der Waals surface area contributed by atoms with Gasteiger partial charge in [-0.05, 0) is 31.2 Å². The molecule has 0 spiro atoms. The Labute approximate surface area is 132 Å². The van der Waals surface area contributed by atoms with Crippen molar-refractivity contribution in [2.24, 2.45) is 0 Å². The lowest BCUT2D eigenvalue weighted by Crippen LogP contribution is -2.49. The third kappa shape index (κ3) is 3.95. The Morgan fingerprint density at radius 2 is 1.73 bits per heavy atom. The molecule has 1 atom stereocenters. The Morgan fingerprint density at radius 1 is 1.00 bits per heavy atom. The molecular weight excluding hydrogens is 274 g/mol. The molecule has 1 N–H and O–H groups in total. The van der Waals surface area contributed by atoms with Crippen LogP contribution in [0.15, 0.2) is 48.8 Å². The van der Waals surface area contributed by atoms with Crippen LogP contribution in [0.25, 0.3) is 0 Å². The largest absolute Gasteiger partial charge is 0.366 e. The van der Waals surface area contributed by atoms with Crippen molar-refractivity contribution in [3.8, 4) is 0 Å². The summed E-state index contributed by atoms with van der Waals surface area (Å²) in [6, 6.07) is 12.4. The van der Waals surface area contributed by atoms with Gasteiger partial charge in [-0.1, -0.05) is 12.1 Å². The number of aromatic nitrogens is 2. The molecule has 5 heteroatoms. The molecule has 5 nitrogen and oxygen atoms in total.